The molecule has 2 rings (SSSR count). The van der Waals surface area contributed by atoms with E-state index in [9.17, 15) is 0 Å². The van der Waals surface area contributed by atoms with E-state index in [1.54, 1.807) is 7.11 Å². The summed E-state index contributed by atoms with van der Waals surface area (Å²) in [5, 5.41) is 6.36. The second-order valence-electron chi connectivity index (χ2n) is 4.39. The van der Waals surface area contributed by atoms with Crippen LogP contribution < -0.4 is 16.4 Å². The highest BCUT2D eigenvalue weighted by Gasteiger charge is 2.08. The molecule has 21 heavy (non-hydrogen) atoms. The summed E-state index contributed by atoms with van der Waals surface area (Å²) in [7, 11) is 1.68. The van der Waals surface area contributed by atoms with Gasteiger partial charge in [-0.25, -0.2) is 9.97 Å². The molecule has 0 atom stereocenters. The lowest BCUT2D eigenvalue weighted by Gasteiger charge is -2.12. The van der Waals surface area contributed by atoms with Crippen molar-refractivity contribution in [1.82, 2.24) is 9.97 Å². The summed E-state index contributed by atoms with van der Waals surface area (Å²) in [6, 6.07) is 7.79. The molecule has 2 aromatic rings. The largest absolute Gasteiger partial charge is 0.393 e. The lowest BCUT2D eigenvalue weighted by atomic mass is 10.3. The van der Waals surface area contributed by atoms with Crippen LogP contribution >= 0.6 is 15.9 Å². The van der Waals surface area contributed by atoms with Crippen LogP contribution in [0.5, 0.6) is 0 Å². The molecule has 6 nitrogen and oxygen atoms in total. The molecule has 1 aromatic heterocycles. The Morgan fingerprint density at radius 3 is 2.86 bits per heavy atom. The Labute approximate surface area is 132 Å². The van der Waals surface area contributed by atoms with E-state index in [-0.39, 0.29) is 0 Å². The zero-order valence-corrected chi connectivity index (χ0v) is 13.4. The minimum absolute atomic E-state index is 0.495. The zero-order valence-electron chi connectivity index (χ0n) is 11.8. The Morgan fingerprint density at radius 2 is 2.10 bits per heavy atom. The van der Waals surface area contributed by atoms with Gasteiger partial charge < -0.3 is 21.1 Å². The number of anilines is 4. The number of halogens is 1. The first-order chi connectivity index (χ1) is 10.2. The van der Waals surface area contributed by atoms with Crippen molar-refractivity contribution in [3.63, 3.8) is 0 Å². The number of methoxy groups -OCH3 is 1. The number of ether oxygens (including phenoxy) is 1. The normalized spacial score (nSPS) is 10.4. The molecule has 0 aliphatic heterocycles. The number of aromatic nitrogens is 2. The van der Waals surface area contributed by atoms with Gasteiger partial charge in [0.15, 0.2) is 11.6 Å². The van der Waals surface area contributed by atoms with Crippen LogP contribution in [0.15, 0.2) is 35.1 Å². The molecule has 0 bridgehead atoms. The first-order valence-electron chi connectivity index (χ1n) is 6.56. The number of nitrogen functional groups attached to an aromatic ring is 1. The molecule has 0 radical (unpaired) electrons. The maximum Gasteiger partial charge on any atom is 0.159 e. The summed E-state index contributed by atoms with van der Waals surface area (Å²) in [5.41, 5.74) is 7.49. The van der Waals surface area contributed by atoms with E-state index in [1.807, 2.05) is 24.3 Å². The molecule has 0 fully saturated rings. The van der Waals surface area contributed by atoms with Crippen LogP contribution in [-0.2, 0) is 4.74 Å². The van der Waals surface area contributed by atoms with Crippen molar-refractivity contribution in [3.8, 4) is 0 Å². The summed E-state index contributed by atoms with van der Waals surface area (Å²) in [6.07, 6.45) is 2.36. The van der Waals surface area contributed by atoms with Crippen molar-refractivity contribution < 1.29 is 4.74 Å². The zero-order chi connectivity index (χ0) is 15.1. The van der Waals surface area contributed by atoms with E-state index in [4.69, 9.17) is 10.5 Å². The fourth-order valence-corrected chi connectivity index (χ4v) is 2.16. The van der Waals surface area contributed by atoms with E-state index in [0.29, 0.717) is 23.9 Å². The maximum absolute atomic E-state index is 6.09. The Bertz CT molecular complexity index is 593. The summed E-state index contributed by atoms with van der Waals surface area (Å²) >= 11 is 3.43. The second-order valence-corrected chi connectivity index (χ2v) is 5.31. The molecule has 0 aliphatic rings. The van der Waals surface area contributed by atoms with Crippen molar-refractivity contribution in [1.29, 1.82) is 0 Å². The number of nitrogens with one attached hydrogen (secondary N) is 2. The minimum atomic E-state index is 0.495. The third-order valence-corrected chi connectivity index (χ3v) is 3.28. The average Bonchev–Trinajstić information content (AvgIpc) is 2.47. The van der Waals surface area contributed by atoms with Crippen LogP contribution in [0, 0.1) is 0 Å². The number of nitrogens with two attached hydrogens (primary N) is 1. The standard InChI is InChI=1S/C14H18BrN5O/c1-21-7-3-6-17-13-12(16)14(19-9-18-13)20-11-5-2-4-10(15)8-11/h2,4-5,8-9H,3,6-7,16H2,1H3,(H2,17,18,19,20). The van der Waals surface area contributed by atoms with Gasteiger partial charge in [0.25, 0.3) is 0 Å². The lowest BCUT2D eigenvalue weighted by molar-refractivity contribution is 0.198. The average molecular weight is 352 g/mol. The smallest absolute Gasteiger partial charge is 0.159 e. The van der Waals surface area contributed by atoms with Crippen molar-refractivity contribution in [2.24, 2.45) is 0 Å². The molecule has 4 N–H and O–H groups in total. The summed E-state index contributed by atoms with van der Waals surface area (Å²) < 4.78 is 5.99. The van der Waals surface area contributed by atoms with Gasteiger partial charge in [-0.15, -0.1) is 0 Å². The van der Waals surface area contributed by atoms with Crippen molar-refractivity contribution >= 4 is 38.9 Å². The predicted octanol–water partition coefficient (Wildman–Crippen LogP) is 3.01. The highest BCUT2D eigenvalue weighted by molar-refractivity contribution is 9.10. The van der Waals surface area contributed by atoms with Gasteiger partial charge in [0.05, 0.1) is 0 Å². The van der Waals surface area contributed by atoms with Gasteiger partial charge >= 0.3 is 0 Å². The van der Waals surface area contributed by atoms with E-state index < -0.39 is 0 Å². The number of hydrogen-bond acceptors (Lipinski definition) is 6. The first-order valence-corrected chi connectivity index (χ1v) is 7.36. The maximum atomic E-state index is 6.09. The monoisotopic (exact) mass is 351 g/mol. The molecule has 112 valence electrons. The second kappa shape index (κ2) is 7.80. The molecule has 0 amide bonds. The molecule has 0 aliphatic carbocycles. The van der Waals surface area contributed by atoms with Gasteiger partial charge in [0.1, 0.15) is 12.0 Å². The summed E-state index contributed by atoms with van der Waals surface area (Å²) in [4.78, 5) is 8.34. The highest BCUT2D eigenvalue weighted by atomic mass is 79.9. The Kier molecular flexibility index (Phi) is 5.77. The number of rotatable bonds is 7. The van der Waals surface area contributed by atoms with Crippen molar-refractivity contribution in [2.45, 2.75) is 6.42 Å². The fraction of sp³-hybridized carbons (Fsp3) is 0.286. The SMILES string of the molecule is COCCCNc1ncnc(Nc2cccc(Br)c2)c1N. The third-order valence-electron chi connectivity index (χ3n) is 2.79. The summed E-state index contributed by atoms with van der Waals surface area (Å²) in [6.45, 7) is 1.44. The van der Waals surface area contributed by atoms with Crippen LogP contribution in [0.2, 0.25) is 0 Å². The third kappa shape index (κ3) is 4.57. The van der Waals surface area contributed by atoms with E-state index >= 15 is 0 Å². The van der Waals surface area contributed by atoms with Crippen LogP contribution in [0.3, 0.4) is 0 Å². The molecule has 7 heteroatoms. The molecule has 0 saturated carbocycles. The highest BCUT2D eigenvalue weighted by Crippen LogP contribution is 2.26. The Morgan fingerprint density at radius 1 is 1.29 bits per heavy atom. The topological polar surface area (TPSA) is 85.1 Å². The fourth-order valence-electron chi connectivity index (χ4n) is 1.76. The van der Waals surface area contributed by atoms with Crippen LogP contribution in [0.1, 0.15) is 6.42 Å². The van der Waals surface area contributed by atoms with Gasteiger partial charge in [0, 0.05) is 30.4 Å². The van der Waals surface area contributed by atoms with Gasteiger partial charge in [0.2, 0.25) is 0 Å². The molecule has 0 saturated heterocycles. The molecule has 0 unspecified atom stereocenters. The van der Waals surface area contributed by atoms with Crippen LogP contribution in [-0.4, -0.2) is 30.2 Å². The number of benzene rings is 1. The van der Waals surface area contributed by atoms with Crippen molar-refractivity contribution in [2.75, 3.05) is 36.6 Å². The molecular weight excluding hydrogens is 334 g/mol. The van der Waals surface area contributed by atoms with Gasteiger partial charge in [-0.2, -0.15) is 0 Å². The van der Waals surface area contributed by atoms with Crippen LogP contribution in [0.4, 0.5) is 23.0 Å². The molecular formula is C14H18BrN5O. The number of hydrogen-bond donors (Lipinski definition) is 3. The lowest BCUT2D eigenvalue weighted by Crippen LogP contribution is -2.10. The minimum Gasteiger partial charge on any atom is -0.393 e. The van der Waals surface area contributed by atoms with Crippen molar-refractivity contribution in [3.05, 3.63) is 35.1 Å². The Hall–Kier alpha value is -1.86. The van der Waals surface area contributed by atoms with Crippen LogP contribution in [0.25, 0.3) is 0 Å². The van der Waals surface area contributed by atoms with E-state index in [1.165, 1.54) is 6.33 Å². The van der Waals surface area contributed by atoms with Gasteiger partial charge in [-0.3, -0.25) is 0 Å². The Balaban J connectivity index is 2.06. The number of nitrogens with zero attached hydrogens (tertiary/aromatic N) is 2. The summed E-state index contributed by atoms with van der Waals surface area (Å²) in [5.74, 6) is 1.20. The molecule has 1 aromatic carbocycles. The quantitative estimate of drug-likeness (QED) is 0.665. The van der Waals surface area contributed by atoms with E-state index in [0.717, 1.165) is 23.1 Å². The van der Waals surface area contributed by atoms with E-state index in [2.05, 4.69) is 36.5 Å². The molecule has 0 spiro atoms. The molecule has 1 heterocycles. The van der Waals surface area contributed by atoms with Gasteiger partial charge in [-0.05, 0) is 24.6 Å². The van der Waals surface area contributed by atoms with Gasteiger partial charge in [-0.1, -0.05) is 22.0 Å². The predicted molar refractivity (Wildman–Crippen MR) is 88.9 cm³/mol. The first kappa shape index (κ1) is 15.5.